The molecular formula is C19H22N4O5. The fourth-order valence-electron chi connectivity index (χ4n) is 3.25. The van der Waals surface area contributed by atoms with Crippen molar-refractivity contribution in [3.63, 3.8) is 0 Å². The lowest BCUT2D eigenvalue weighted by molar-refractivity contribution is -0.384. The molecule has 0 atom stereocenters. The van der Waals surface area contributed by atoms with Gasteiger partial charge in [-0.3, -0.25) is 19.7 Å². The maximum Gasteiger partial charge on any atom is 0.293 e. The average molecular weight is 386 g/mol. The van der Waals surface area contributed by atoms with Crippen molar-refractivity contribution in [1.29, 1.82) is 0 Å². The molecule has 28 heavy (non-hydrogen) atoms. The number of benzene rings is 1. The molecule has 0 bridgehead atoms. The lowest BCUT2D eigenvalue weighted by Crippen LogP contribution is -2.46. The SMILES string of the molecule is CN(C)c1ccc(C(=O)NC2CCN(C(=O)c3ccoc3)CC2)cc1[N+](=O)[O-]. The van der Waals surface area contributed by atoms with Gasteiger partial charge < -0.3 is 19.5 Å². The van der Waals surface area contributed by atoms with Crippen molar-refractivity contribution in [1.82, 2.24) is 10.2 Å². The van der Waals surface area contributed by atoms with Gasteiger partial charge in [-0.15, -0.1) is 0 Å². The summed E-state index contributed by atoms with van der Waals surface area (Å²) in [6, 6.07) is 5.98. The first-order valence-electron chi connectivity index (χ1n) is 8.95. The number of nitrogens with one attached hydrogen (secondary N) is 1. The highest BCUT2D eigenvalue weighted by Gasteiger charge is 2.26. The van der Waals surface area contributed by atoms with Gasteiger partial charge in [0, 0.05) is 44.9 Å². The molecule has 1 saturated heterocycles. The van der Waals surface area contributed by atoms with Crippen LogP contribution >= 0.6 is 0 Å². The van der Waals surface area contributed by atoms with Crippen LogP contribution in [-0.2, 0) is 0 Å². The largest absolute Gasteiger partial charge is 0.472 e. The van der Waals surface area contributed by atoms with Crippen LogP contribution in [0.15, 0.2) is 41.2 Å². The van der Waals surface area contributed by atoms with Crippen molar-refractivity contribution in [2.45, 2.75) is 18.9 Å². The second kappa shape index (κ2) is 8.12. The van der Waals surface area contributed by atoms with Crippen LogP contribution in [0.25, 0.3) is 0 Å². The standard InChI is InChI=1S/C19H22N4O5/c1-21(2)16-4-3-13(11-17(16)23(26)27)18(24)20-15-5-8-22(9-6-15)19(25)14-7-10-28-12-14/h3-4,7,10-12,15H,5-6,8-9H2,1-2H3,(H,20,24). The van der Waals surface area contributed by atoms with Crippen LogP contribution in [0.3, 0.4) is 0 Å². The third kappa shape index (κ3) is 4.13. The maximum atomic E-state index is 12.5. The molecular weight excluding hydrogens is 364 g/mol. The van der Waals surface area contributed by atoms with Gasteiger partial charge in [-0.25, -0.2) is 0 Å². The lowest BCUT2D eigenvalue weighted by atomic mass is 10.0. The first-order valence-corrected chi connectivity index (χ1v) is 8.95. The highest BCUT2D eigenvalue weighted by molar-refractivity contribution is 5.96. The molecule has 1 aromatic carbocycles. The number of likely N-dealkylation sites (tertiary alicyclic amines) is 1. The molecule has 0 radical (unpaired) electrons. The predicted molar refractivity (Wildman–Crippen MR) is 103 cm³/mol. The minimum absolute atomic E-state index is 0.0894. The average Bonchev–Trinajstić information content (AvgIpc) is 3.22. The number of hydrogen-bond donors (Lipinski definition) is 1. The Morgan fingerprint density at radius 1 is 1.21 bits per heavy atom. The van der Waals surface area contributed by atoms with Gasteiger partial charge in [0.2, 0.25) is 0 Å². The number of furan rings is 1. The lowest BCUT2D eigenvalue weighted by Gasteiger charge is -2.32. The summed E-state index contributed by atoms with van der Waals surface area (Å²) in [6.45, 7) is 1.04. The second-order valence-electron chi connectivity index (χ2n) is 6.91. The van der Waals surface area contributed by atoms with E-state index in [4.69, 9.17) is 4.42 Å². The van der Waals surface area contributed by atoms with Crippen LogP contribution in [0.4, 0.5) is 11.4 Å². The van der Waals surface area contributed by atoms with Gasteiger partial charge in [0.15, 0.2) is 0 Å². The molecule has 3 rings (SSSR count). The van der Waals surface area contributed by atoms with Crippen LogP contribution < -0.4 is 10.2 Å². The third-order valence-electron chi connectivity index (χ3n) is 4.80. The maximum absolute atomic E-state index is 12.5. The molecule has 2 aromatic rings. The first-order chi connectivity index (χ1) is 13.4. The number of carbonyl (C=O) groups is 2. The van der Waals surface area contributed by atoms with Gasteiger partial charge in [0.25, 0.3) is 17.5 Å². The molecule has 9 heteroatoms. The Morgan fingerprint density at radius 3 is 2.50 bits per heavy atom. The number of nitro benzene ring substituents is 1. The zero-order chi connectivity index (χ0) is 20.3. The minimum atomic E-state index is -0.494. The zero-order valence-electron chi connectivity index (χ0n) is 15.8. The van der Waals surface area contributed by atoms with Gasteiger partial charge in [-0.05, 0) is 31.0 Å². The minimum Gasteiger partial charge on any atom is -0.472 e. The van der Waals surface area contributed by atoms with Crippen molar-refractivity contribution in [2.24, 2.45) is 0 Å². The number of anilines is 1. The van der Waals surface area contributed by atoms with Crippen molar-refractivity contribution >= 4 is 23.2 Å². The van der Waals surface area contributed by atoms with Crippen LogP contribution in [0.1, 0.15) is 33.6 Å². The molecule has 0 aliphatic carbocycles. The van der Waals surface area contributed by atoms with Crippen molar-refractivity contribution in [3.8, 4) is 0 Å². The van der Waals surface area contributed by atoms with Gasteiger partial charge in [0.05, 0.1) is 16.7 Å². The fourth-order valence-corrected chi connectivity index (χ4v) is 3.25. The van der Waals surface area contributed by atoms with E-state index in [1.165, 1.54) is 18.6 Å². The molecule has 1 fully saturated rings. The highest BCUT2D eigenvalue weighted by Crippen LogP contribution is 2.27. The van der Waals surface area contributed by atoms with Gasteiger partial charge in [0.1, 0.15) is 12.0 Å². The van der Waals surface area contributed by atoms with E-state index in [1.807, 2.05) is 0 Å². The quantitative estimate of drug-likeness (QED) is 0.624. The highest BCUT2D eigenvalue weighted by atomic mass is 16.6. The number of nitrogens with zero attached hydrogens (tertiary/aromatic N) is 3. The summed E-state index contributed by atoms with van der Waals surface area (Å²) in [6.07, 6.45) is 4.11. The first kappa shape index (κ1) is 19.4. The third-order valence-corrected chi connectivity index (χ3v) is 4.80. The molecule has 1 aliphatic rings. The molecule has 1 N–H and O–H groups in total. The Labute approximate surface area is 162 Å². The van der Waals surface area contributed by atoms with Crippen LogP contribution in [0.2, 0.25) is 0 Å². The van der Waals surface area contributed by atoms with E-state index in [0.29, 0.717) is 37.2 Å². The summed E-state index contributed by atoms with van der Waals surface area (Å²) in [7, 11) is 3.42. The summed E-state index contributed by atoms with van der Waals surface area (Å²) in [5.74, 6) is -0.443. The Bertz CT molecular complexity index is 870. The molecule has 0 spiro atoms. The monoisotopic (exact) mass is 386 g/mol. The summed E-state index contributed by atoms with van der Waals surface area (Å²) in [4.78, 5) is 39.0. The molecule has 1 aliphatic heterocycles. The fraction of sp³-hybridized carbons (Fsp3) is 0.368. The van der Waals surface area contributed by atoms with E-state index >= 15 is 0 Å². The van der Waals surface area contributed by atoms with Gasteiger partial charge in [-0.2, -0.15) is 0 Å². The van der Waals surface area contributed by atoms with E-state index in [-0.39, 0.29) is 29.1 Å². The summed E-state index contributed by atoms with van der Waals surface area (Å²) in [5, 5.41) is 14.2. The molecule has 9 nitrogen and oxygen atoms in total. The van der Waals surface area contributed by atoms with Gasteiger partial charge in [-0.1, -0.05) is 0 Å². The molecule has 0 unspecified atom stereocenters. The van der Waals surface area contributed by atoms with Gasteiger partial charge >= 0.3 is 0 Å². The number of nitro groups is 1. The number of piperidine rings is 1. The van der Waals surface area contributed by atoms with Crippen LogP contribution in [0, 0.1) is 10.1 Å². The smallest absolute Gasteiger partial charge is 0.293 e. The Balaban J connectivity index is 1.61. The number of carbonyl (C=O) groups excluding carboxylic acids is 2. The van der Waals surface area contributed by atoms with Crippen molar-refractivity contribution in [2.75, 3.05) is 32.1 Å². The predicted octanol–water partition coefficient (Wildman–Crippen LogP) is 2.29. The molecule has 0 saturated carbocycles. The van der Waals surface area contributed by atoms with E-state index in [2.05, 4.69) is 5.32 Å². The summed E-state index contributed by atoms with van der Waals surface area (Å²) in [5.41, 5.74) is 1.08. The molecule has 2 heterocycles. The Morgan fingerprint density at radius 2 is 1.93 bits per heavy atom. The molecule has 148 valence electrons. The van der Waals surface area contributed by atoms with Crippen molar-refractivity contribution in [3.05, 3.63) is 58.0 Å². The molecule has 1 aromatic heterocycles. The van der Waals surface area contributed by atoms with E-state index in [9.17, 15) is 19.7 Å². The van der Waals surface area contributed by atoms with E-state index in [1.54, 1.807) is 42.1 Å². The number of amides is 2. The second-order valence-corrected chi connectivity index (χ2v) is 6.91. The van der Waals surface area contributed by atoms with Crippen LogP contribution in [-0.4, -0.2) is 54.9 Å². The van der Waals surface area contributed by atoms with Crippen molar-refractivity contribution < 1.29 is 18.9 Å². The molecule has 2 amide bonds. The number of rotatable bonds is 5. The zero-order valence-corrected chi connectivity index (χ0v) is 15.8. The Kier molecular flexibility index (Phi) is 5.62. The number of hydrogen-bond acceptors (Lipinski definition) is 6. The summed E-state index contributed by atoms with van der Waals surface area (Å²) < 4.78 is 4.94. The summed E-state index contributed by atoms with van der Waals surface area (Å²) >= 11 is 0. The van der Waals surface area contributed by atoms with Crippen LogP contribution in [0.5, 0.6) is 0 Å². The van der Waals surface area contributed by atoms with E-state index in [0.717, 1.165) is 0 Å². The topological polar surface area (TPSA) is 109 Å². The normalized spacial score (nSPS) is 14.6. The van der Waals surface area contributed by atoms with E-state index < -0.39 is 4.92 Å². The Hall–Kier alpha value is -3.36.